The van der Waals surface area contributed by atoms with E-state index in [2.05, 4.69) is 26.6 Å². The standard InChI is InChI=1S/C14H20BrClN2O2/c1-4-17-8-9(3)14(19)18-12-7-10(16)6-11(15)13(12)20-5-2/h6-7,9,17H,4-5,8H2,1-3H3,(H,18,19). The Bertz CT molecular complexity index is 469. The molecule has 0 saturated carbocycles. The molecule has 1 aromatic rings. The van der Waals surface area contributed by atoms with E-state index in [1.54, 1.807) is 12.1 Å². The van der Waals surface area contributed by atoms with Crippen molar-refractivity contribution in [1.29, 1.82) is 0 Å². The summed E-state index contributed by atoms with van der Waals surface area (Å²) >= 11 is 9.41. The van der Waals surface area contributed by atoms with E-state index in [9.17, 15) is 4.79 Å². The van der Waals surface area contributed by atoms with Gasteiger partial charge in [0, 0.05) is 17.5 Å². The third kappa shape index (κ3) is 4.96. The Kier molecular flexibility index (Phi) is 7.34. The van der Waals surface area contributed by atoms with Gasteiger partial charge in [0.15, 0.2) is 5.75 Å². The first-order valence-electron chi connectivity index (χ1n) is 6.63. The molecule has 1 aromatic carbocycles. The summed E-state index contributed by atoms with van der Waals surface area (Å²) < 4.78 is 6.27. The van der Waals surface area contributed by atoms with Gasteiger partial charge < -0.3 is 15.4 Å². The summed E-state index contributed by atoms with van der Waals surface area (Å²) in [7, 11) is 0. The molecule has 0 heterocycles. The molecule has 0 aromatic heterocycles. The van der Waals surface area contributed by atoms with Crippen molar-refractivity contribution in [2.75, 3.05) is 25.0 Å². The van der Waals surface area contributed by atoms with Crippen LogP contribution in [-0.2, 0) is 4.79 Å². The van der Waals surface area contributed by atoms with Crippen LogP contribution in [0.3, 0.4) is 0 Å². The van der Waals surface area contributed by atoms with E-state index in [1.807, 2.05) is 20.8 Å². The van der Waals surface area contributed by atoms with E-state index in [1.165, 1.54) is 0 Å². The molecule has 0 aliphatic heterocycles. The zero-order chi connectivity index (χ0) is 15.1. The van der Waals surface area contributed by atoms with Crippen LogP contribution in [0.2, 0.25) is 5.02 Å². The van der Waals surface area contributed by atoms with Crippen LogP contribution in [0, 0.1) is 5.92 Å². The Balaban J connectivity index is 2.87. The zero-order valence-electron chi connectivity index (χ0n) is 11.9. The molecule has 0 aliphatic rings. The number of benzene rings is 1. The maximum absolute atomic E-state index is 12.1. The average molecular weight is 364 g/mol. The molecular formula is C14H20BrClN2O2. The molecule has 4 nitrogen and oxygen atoms in total. The molecular weight excluding hydrogens is 344 g/mol. The van der Waals surface area contributed by atoms with Crippen LogP contribution >= 0.6 is 27.5 Å². The van der Waals surface area contributed by atoms with E-state index < -0.39 is 0 Å². The molecule has 0 aliphatic carbocycles. The van der Waals surface area contributed by atoms with E-state index in [-0.39, 0.29) is 11.8 Å². The summed E-state index contributed by atoms with van der Waals surface area (Å²) in [5.41, 5.74) is 0.583. The third-order valence-corrected chi connectivity index (χ3v) is 3.51. The molecule has 0 radical (unpaired) electrons. The minimum Gasteiger partial charge on any atom is -0.491 e. The van der Waals surface area contributed by atoms with Crippen LogP contribution in [0.4, 0.5) is 5.69 Å². The van der Waals surface area contributed by atoms with Crippen molar-refractivity contribution in [3.63, 3.8) is 0 Å². The molecule has 1 rings (SSSR count). The number of hydrogen-bond donors (Lipinski definition) is 2. The molecule has 0 fully saturated rings. The van der Waals surface area contributed by atoms with Gasteiger partial charge in [0.25, 0.3) is 0 Å². The first-order chi connectivity index (χ1) is 9.49. The van der Waals surface area contributed by atoms with Gasteiger partial charge in [0.05, 0.1) is 16.8 Å². The summed E-state index contributed by atoms with van der Waals surface area (Å²) in [4.78, 5) is 12.1. The predicted molar refractivity (Wildman–Crippen MR) is 86.7 cm³/mol. The van der Waals surface area contributed by atoms with Gasteiger partial charge in [-0.3, -0.25) is 4.79 Å². The number of hydrogen-bond acceptors (Lipinski definition) is 3. The van der Waals surface area contributed by atoms with Crippen molar-refractivity contribution in [2.45, 2.75) is 20.8 Å². The van der Waals surface area contributed by atoms with E-state index in [0.717, 1.165) is 11.0 Å². The molecule has 1 unspecified atom stereocenters. The average Bonchev–Trinajstić information content (AvgIpc) is 2.39. The number of halogens is 2. The number of carbonyl (C=O) groups excluding carboxylic acids is 1. The van der Waals surface area contributed by atoms with Gasteiger partial charge in [-0.25, -0.2) is 0 Å². The quantitative estimate of drug-likeness (QED) is 0.777. The summed E-state index contributed by atoms with van der Waals surface area (Å²) in [5, 5.41) is 6.55. The van der Waals surface area contributed by atoms with Crippen LogP contribution in [0.1, 0.15) is 20.8 Å². The monoisotopic (exact) mass is 362 g/mol. The third-order valence-electron chi connectivity index (χ3n) is 2.70. The molecule has 20 heavy (non-hydrogen) atoms. The maximum Gasteiger partial charge on any atom is 0.228 e. The molecule has 2 N–H and O–H groups in total. The highest BCUT2D eigenvalue weighted by atomic mass is 79.9. The normalized spacial score (nSPS) is 12.1. The van der Waals surface area contributed by atoms with E-state index in [4.69, 9.17) is 16.3 Å². The van der Waals surface area contributed by atoms with E-state index in [0.29, 0.717) is 29.6 Å². The highest BCUT2D eigenvalue weighted by Crippen LogP contribution is 2.36. The van der Waals surface area contributed by atoms with Crippen LogP contribution in [-0.4, -0.2) is 25.6 Å². The molecule has 0 bridgehead atoms. The predicted octanol–water partition coefficient (Wildman–Crippen LogP) is 3.69. The van der Waals surface area contributed by atoms with Crippen molar-refractivity contribution in [3.8, 4) is 5.75 Å². The first-order valence-corrected chi connectivity index (χ1v) is 7.80. The number of anilines is 1. The van der Waals surface area contributed by atoms with Crippen LogP contribution < -0.4 is 15.4 Å². The number of carbonyl (C=O) groups is 1. The van der Waals surface area contributed by atoms with Crippen molar-refractivity contribution in [2.24, 2.45) is 5.92 Å². The van der Waals surface area contributed by atoms with Crippen molar-refractivity contribution >= 4 is 39.1 Å². The fourth-order valence-corrected chi connectivity index (χ4v) is 2.58. The number of amides is 1. The molecule has 1 amide bonds. The Morgan fingerprint density at radius 1 is 1.45 bits per heavy atom. The Hall–Kier alpha value is -0.780. The van der Waals surface area contributed by atoms with Crippen molar-refractivity contribution < 1.29 is 9.53 Å². The summed E-state index contributed by atoms with van der Waals surface area (Å²) in [6.45, 7) is 7.75. The van der Waals surface area contributed by atoms with Gasteiger partial charge in [0.1, 0.15) is 0 Å². The van der Waals surface area contributed by atoms with Crippen LogP contribution in [0.5, 0.6) is 5.75 Å². The number of ether oxygens (including phenoxy) is 1. The maximum atomic E-state index is 12.1. The Morgan fingerprint density at radius 2 is 2.15 bits per heavy atom. The molecule has 1 atom stereocenters. The van der Waals surface area contributed by atoms with Gasteiger partial charge >= 0.3 is 0 Å². The summed E-state index contributed by atoms with van der Waals surface area (Å²) in [5.74, 6) is 0.393. The van der Waals surface area contributed by atoms with Gasteiger partial charge in [-0.1, -0.05) is 25.4 Å². The fraction of sp³-hybridized carbons (Fsp3) is 0.500. The topological polar surface area (TPSA) is 50.4 Å². The number of rotatable bonds is 7. The van der Waals surface area contributed by atoms with Gasteiger partial charge in [-0.15, -0.1) is 0 Å². The lowest BCUT2D eigenvalue weighted by Gasteiger charge is -2.16. The second-order valence-electron chi connectivity index (χ2n) is 4.40. The van der Waals surface area contributed by atoms with Crippen molar-refractivity contribution in [3.05, 3.63) is 21.6 Å². The minimum atomic E-state index is -0.137. The van der Waals surface area contributed by atoms with Gasteiger partial charge in [0.2, 0.25) is 5.91 Å². The Morgan fingerprint density at radius 3 is 2.75 bits per heavy atom. The molecule has 0 saturated heterocycles. The van der Waals surface area contributed by atoms with Crippen LogP contribution in [0.15, 0.2) is 16.6 Å². The van der Waals surface area contributed by atoms with E-state index >= 15 is 0 Å². The number of nitrogens with one attached hydrogen (secondary N) is 2. The lowest BCUT2D eigenvalue weighted by molar-refractivity contribution is -0.119. The first kappa shape index (κ1) is 17.3. The Labute approximate surface area is 133 Å². The SMILES string of the molecule is CCNCC(C)C(=O)Nc1cc(Cl)cc(Br)c1OCC. The highest BCUT2D eigenvalue weighted by molar-refractivity contribution is 9.10. The van der Waals surface area contributed by atoms with Crippen molar-refractivity contribution in [1.82, 2.24) is 5.32 Å². The molecule has 6 heteroatoms. The lowest BCUT2D eigenvalue weighted by atomic mass is 10.1. The second-order valence-corrected chi connectivity index (χ2v) is 5.69. The van der Waals surface area contributed by atoms with Gasteiger partial charge in [-0.05, 0) is 41.5 Å². The fourth-order valence-electron chi connectivity index (χ4n) is 1.65. The zero-order valence-corrected chi connectivity index (χ0v) is 14.3. The lowest BCUT2D eigenvalue weighted by Crippen LogP contribution is -2.30. The smallest absolute Gasteiger partial charge is 0.228 e. The minimum absolute atomic E-state index is 0.0685. The largest absolute Gasteiger partial charge is 0.491 e. The molecule has 112 valence electrons. The summed E-state index contributed by atoms with van der Waals surface area (Å²) in [6.07, 6.45) is 0. The second kappa shape index (κ2) is 8.49. The highest BCUT2D eigenvalue weighted by Gasteiger charge is 2.17. The van der Waals surface area contributed by atoms with Gasteiger partial charge in [-0.2, -0.15) is 0 Å². The molecule has 0 spiro atoms. The summed E-state index contributed by atoms with van der Waals surface area (Å²) in [6, 6.07) is 3.43. The van der Waals surface area contributed by atoms with Crippen LogP contribution in [0.25, 0.3) is 0 Å².